The van der Waals surface area contributed by atoms with E-state index in [9.17, 15) is 4.79 Å². The van der Waals surface area contributed by atoms with E-state index >= 15 is 0 Å². The molecule has 0 saturated heterocycles. The van der Waals surface area contributed by atoms with Crippen LogP contribution in [0.1, 0.15) is 42.9 Å². The molecule has 144 valence electrons. The first-order valence-electron chi connectivity index (χ1n) is 9.69. The van der Waals surface area contributed by atoms with E-state index in [-0.39, 0.29) is 5.91 Å². The fraction of sp³-hybridized carbons (Fsp3) is 0.318. The summed E-state index contributed by atoms with van der Waals surface area (Å²) in [6, 6.07) is 11.5. The van der Waals surface area contributed by atoms with Crippen molar-refractivity contribution in [2.75, 3.05) is 5.32 Å². The standard InChI is InChI=1S/C22H24N4OS/c1-15(2)28-22-18(6-5-12-23-22)21(27)24-17-10-8-16(9-11-17)19-14-26-13-4-3-7-20(26)25-19/h5-6,8-12,14-15H,3-4,7,13H2,1-2H3,(H,24,27). The number of amides is 1. The van der Waals surface area contributed by atoms with Gasteiger partial charge in [0.2, 0.25) is 0 Å². The molecule has 2 aromatic heterocycles. The van der Waals surface area contributed by atoms with Gasteiger partial charge < -0.3 is 9.88 Å². The molecule has 0 spiro atoms. The summed E-state index contributed by atoms with van der Waals surface area (Å²) in [6.07, 6.45) is 7.34. The highest BCUT2D eigenvalue weighted by atomic mass is 32.2. The quantitative estimate of drug-likeness (QED) is 0.618. The van der Waals surface area contributed by atoms with Gasteiger partial charge in [-0.3, -0.25) is 4.79 Å². The molecule has 1 amide bonds. The number of nitrogens with one attached hydrogen (secondary N) is 1. The summed E-state index contributed by atoms with van der Waals surface area (Å²) in [6.45, 7) is 5.24. The van der Waals surface area contributed by atoms with Crippen LogP contribution >= 0.6 is 11.8 Å². The Balaban J connectivity index is 1.49. The van der Waals surface area contributed by atoms with Crippen LogP contribution in [0.2, 0.25) is 0 Å². The molecule has 3 heterocycles. The number of hydrogen-bond donors (Lipinski definition) is 1. The van der Waals surface area contributed by atoms with Gasteiger partial charge in [-0.15, -0.1) is 11.8 Å². The van der Waals surface area contributed by atoms with Crippen molar-refractivity contribution in [3.8, 4) is 11.3 Å². The van der Waals surface area contributed by atoms with Crippen molar-refractivity contribution in [3.63, 3.8) is 0 Å². The summed E-state index contributed by atoms with van der Waals surface area (Å²) in [5.41, 5.74) is 3.43. The minimum atomic E-state index is -0.138. The molecule has 5 nitrogen and oxygen atoms in total. The lowest BCUT2D eigenvalue weighted by Gasteiger charge is -2.11. The van der Waals surface area contributed by atoms with Gasteiger partial charge in [0.1, 0.15) is 10.9 Å². The normalized spacial score (nSPS) is 13.4. The first-order chi connectivity index (χ1) is 13.6. The van der Waals surface area contributed by atoms with Crippen LogP contribution in [0.15, 0.2) is 53.8 Å². The molecule has 6 heteroatoms. The van der Waals surface area contributed by atoms with Crippen molar-refractivity contribution in [1.82, 2.24) is 14.5 Å². The van der Waals surface area contributed by atoms with Crippen LogP contribution in [-0.4, -0.2) is 25.7 Å². The van der Waals surface area contributed by atoms with E-state index in [1.54, 1.807) is 24.0 Å². The van der Waals surface area contributed by atoms with Gasteiger partial charge >= 0.3 is 0 Å². The van der Waals surface area contributed by atoms with E-state index in [2.05, 4.69) is 34.9 Å². The Morgan fingerprint density at radius 3 is 2.75 bits per heavy atom. The maximum absolute atomic E-state index is 12.7. The molecular formula is C22H24N4OS. The Morgan fingerprint density at radius 2 is 2.00 bits per heavy atom. The molecule has 3 aromatic rings. The van der Waals surface area contributed by atoms with E-state index in [1.165, 1.54) is 18.7 Å². The number of fused-ring (bicyclic) bond motifs is 1. The molecule has 0 fully saturated rings. The number of aromatic nitrogens is 3. The fourth-order valence-corrected chi connectivity index (χ4v) is 4.21. The number of thioether (sulfide) groups is 1. The molecular weight excluding hydrogens is 368 g/mol. The molecule has 0 unspecified atom stereocenters. The average molecular weight is 393 g/mol. The molecule has 1 aliphatic heterocycles. The summed E-state index contributed by atoms with van der Waals surface area (Å²) >= 11 is 1.59. The number of benzene rings is 1. The van der Waals surface area contributed by atoms with Crippen molar-refractivity contribution in [2.24, 2.45) is 0 Å². The van der Waals surface area contributed by atoms with Crippen molar-refractivity contribution in [1.29, 1.82) is 0 Å². The second-order valence-corrected chi connectivity index (χ2v) is 8.81. The highest BCUT2D eigenvalue weighted by molar-refractivity contribution is 7.99. The number of imidazole rings is 1. The van der Waals surface area contributed by atoms with Gasteiger partial charge in [-0.2, -0.15) is 0 Å². The first kappa shape index (κ1) is 18.7. The van der Waals surface area contributed by atoms with Crippen LogP contribution in [0.5, 0.6) is 0 Å². The lowest BCUT2D eigenvalue weighted by atomic mass is 10.1. The molecule has 1 N–H and O–H groups in total. The Hall–Kier alpha value is -2.60. The van der Waals surface area contributed by atoms with Crippen LogP contribution < -0.4 is 5.32 Å². The molecule has 28 heavy (non-hydrogen) atoms. The zero-order valence-corrected chi connectivity index (χ0v) is 17.0. The largest absolute Gasteiger partial charge is 0.334 e. The second kappa shape index (κ2) is 8.19. The van der Waals surface area contributed by atoms with E-state index in [0.717, 1.165) is 34.9 Å². The van der Waals surface area contributed by atoms with Gasteiger partial charge in [0.05, 0.1) is 11.3 Å². The van der Waals surface area contributed by atoms with Crippen molar-refractivity contribution in [3.05, 3.63) is 60.2 Å². The number of anilines is 1. The highest BCUT2D eigenvalue weighted by Crippen LogP contribution is 2.26. The van der Waals surface area contributed by atoms with Crippen LogP contribution in [-0.2, 0) is 13.0 Å². The maximum atomic E-state index is 12.7. The average Bonchev–Trinajstić information content (AvgIpc) is 3.12. The predicted molar refractivity (Wildman–Crippen MR) is 114 cm³/mol. The summed E-state index contributed by atoms with van der Waals surface area (Å²) in [7, 11) is 0. The van der Waals surface area contributed by atoms with Gasteiger partial charge in [-0.1, -0.05) is 26.0 Å². The minimum absolute atomic E-state index is 0.138. The Bertz CT molecular complexity index is 955. The zero-order chi connectivity index (χ0) is 19.5. The third kappa shape index (κ3) is 4.12. The van der Waals surface area contributed by atoms with Gasteiger partial charge in [0.25, 0.3) is 5.91 Å². The number of carbonyl (C=O) groups is 1. The molecule has 0 atom stereocenters. The summed E-state index contributed by atoms with van der Waals surface area (Å²) in [5.74, 6) is 1.03. The van der Waals surface area contributed by atoms with E-state index in [1.807, 2.05) is 30.3 Å². The number of hydrogen-bond acceptors (Lipinski definition) is 4. The number of rotatable bonds is 5. The van der Waals surface area contributed by atoms with Crippen molar-refractivity contribution >= 4 is 23.4 Å². The monoisotopic (exact) mass is 392 g/mol. The molecule has 1 aliphatic rings. The lowest BCUT2D eigenvalue weighted by Crippen LogP contribution is -2.14. The summed E-state index contributed by atoms with van der Waals surface area (Å²) in [5, 5.41) is 4.10. The molecule has 0 bridgehead atoms. The third-order valence-corrected chi connectivity index (χ3v) is 5.73. The lowest BCUT2D eigenvalue weighted by molar-refractivity contribution is 0.102. The van der Waals surface area contributed by atoms with Gasteiger partial charge in [-0.05, 0) is 37.1 Å². The van der Waals surface area contributed by atoms with E-state index in [0.29, 0.717) is 10.8 Å². The Morgan fingerprint density at radius 1 is 1.18 bits per heavy atom. The topological polar surface area (TPSA) is 59.8 Å². The Kier molecular flexibility index (Phi) is 5.48. The summed E-state index contributed by atoms with van der Waals surface area (Å²) < 4.78 is 2.25. The molecule has 1 aromatic carbocycles. The predicted octanol–water partition coefficient (Wildman–Crippen LogP) is 5.03. The van der Waals surface area contributed by atoms with E-state index in [4.69, 9.17) is 4.98 Å². The number of nitrogens with zero attached hydrogens (tertiary/aromatic N) is 3. The van der Waals surface area contributed by atoms with Gasteiger partial charge in [-0.25, -0.2) is 9.97 Å². The van der Waals surface area contributed by atoms with Gasteiger partial charge in [0, 0.05) is 41.9 Å². The molecule has 0 aliphatic carbocycles. The molecule has 0 radical (unpaired) electrons. The maximum Gasteiger partial charge on any atom is 0.258 e. The van der Waals surface area contributed by atoms with Crippen LogP contribution in [0.4, 0.5) is 5.69 Å². The van der Waals surface area contributed by atoms with Crippen LogP contribution in [0.25, 0.3) is 11.3 Å². The number of pyridine rings is 1. The number of aryl methyl sites for hydroxylation is 2. The minimum Gasteiger partial charge on any atom is -0.334 e. The van der Waals surface area contributed by atoms with E-state index < -0.39 is 0 Å². The van der Waals surface area contributed by atoms with Crippen LogP contribution in [0, 0.1) is 0 Å². The van der Waals surface area contributed by atoms with Gasteiger partial charge in [0.15, 0.2) is 0 Å². The van der Waals surface area contributed by atoms with Crippen molar-refractivity contribution < 1.29 is 4.79 Å². The third-order valence-electron chi connectivity index (χ3n) is 4.71. The summed E-state index contributed by atoms with van der Waals surface area (Å²) in [4.78, 5) is 21.8. The smallest absolute Gasteiger partial charge is 0.258 e. The number of carbonyl (C=O) groups excluding carboxylic acids is 1. The Labute approximate surface area is 169 Å². The molecule has 0 saturated carbocycles. The molecule has 4 rings (SSSR count). The van der Waals surface area contributed by atoms with Crippen molar-refractivity contribution in [2.45, 2.75) is 49.9 Å². The fourth-order valence-electron chi connectivity index (χ4n) is 3.36. The van der Waals surface area contributed by atoms with Crippen LogP contribution in [0.3, 0.4) is 0 Å². The SMILES string of the molecule is CC(C)Sc1ncccc1C(=O)Nc1ccc(-c2cn3c(n2)CCCC3)cc1. The zero-order valence-electron chi connectivity index (χ0n) is 16.2. The first-order valence-corrected chi connectivity index (χ1v) is 10.6. The second-order valence-electron chi connectivity index (χ2n) is 7.25. The highest BCUT2D eigenvalue weighted by Gasteiger charge is 2.15.